The van der Waals surface area contributed by atoms with Crippen molar-refractivity contribution >= 4 is 14.3 Å². The van der Waals surface area contributed by atoms with E-state index in [-0.39, 0.29) is 35.6 Å². The number of fused-ring (bicyclic) bond motifs is 1. The normalized spacial score (nSPS) is 34.9. The highest BCUT2D eigenvalue weighted by Gasteiger charge is 2.53. The van der Waals surface area contributed by atoms with E-state index in [1.165, 1.54) is 0 Å². The second-order valence-electron chi connectivity index (χ2n) is 6.87. The molecule has 2 aliphatic rings. The molecule has 0 saturated carbocycles. The van der Waals surface area contributed by atoms with Crippen molar-refractivity contribution in [3.8, 4) is 0 Å². The van der Waals surface area contributed by atoms with Crippen LogP contribution in [-0.4, -0.2) is 38.9 Å². The van der Waals surface area contributed by atoms with Gasteiger partial charge in [0.2, 0.25) is 0 Å². The summed E-state index contributed by atoms with van der Waals surface area (Å²) in [6.07, 6.45) is 0.394. The average Bonchev–Trinajstić information content (AvgIpc) is 2.74. The maximum absolute atomic E-state index is 6.49. The molecule has 2 rings (SSSR count). The van der Waals surface area contributed by atoms with Gasteiger partial charge in [0.25, 0.3) is 6.02 Å². The van der Waals surface area contributed by atoms with Crippen molar-refractivity contribution in [1.82, 2.24) is 0 Å². The summed E-state index contributed by atoms with van der Waals surface area (Å²) in [5.74, 6) is 0. The van der Waals surface area contributed by atoms with E-state index in [9.17, 15) is 0 Å². The Bertz CT molecular complexity index is 379. The van der Waals surface area contributed by atoms with Crippen LogP contribution in [0.2, 0.25) is 18.1 Å². The van der Waals surface area contributed by atoms with E-state index in [4.69, 9.17) is 19.6 Å². The van der Waals surface area contributed by atoms with Gasteiger partial charge in [-0.2, -0.15) is 4.99 Å². The third-order valence-corrected chi connectivity index (χ3v) is 8.91. The molecule has 1 saturated heterocycles. The molecule has 2 heterocycles. The minimum absolute atomic E-state index is 0.0426. The van der Waals surface area contributed by atoms with Crippen molar-refractivity contribution in [1.29, 1.82) is 0 Å². The quantitative estimate of drug-likeness (QED) is 0.808. The van der Waals surface area contributed by atoms with Crippen LogP contribution in [-0.2, 0) is 13.9 Å². The molecule has 0 spiro atoms. The van der Waals surface area contributed by atoms with Crippen molar-refractivity contribution in [2.75, 3.05) is 0 Å². The van der Waals surface area contributed by atoms with Gasteiger partial charge >= 0.3 is 0 Å². The second kappa shape index (κ2) is 4.75. The summed E-state index contributed by atoms with van der Waals surface area (Å²) in [5, 5.41) is 0.161. The van der Waals surface area contributed by atoms with Crippen molar-refractivity contribution in [2.45, 2.75) is 76.8 Å². The summed E-state index contributed by atoms with van der Waals surface area (Å²) >= 11 is 0. The maximum Gasteiger partial charge on any atom is 0.285 e. The molecular formula is C13H26N2O3Si. The zero-order chi connectivity index (χ0) is 14.4. The fraction of sp³-hybridized carbons (Fsp3) is 0.923. The standard InChI is InChI=1S/C13H26N2O3Si/c1-7-8-9(18-19(5,6)13(2,3)4)10-11(16-8)15-12(14)17-10/h8-11H,7H2,1-6H3,(H2,14,15)/t8-,9?,10-,11-/m1/s1. The minimum Gasteiger partial charge on any atom is -0.454 e. The lowest BCUT2D eigenvalue weighted by Crippen LogP contribution is -2.49. The van der Waals surface area contributed by atoms with Crippen LogP contribution in [0.25, 0.3) is 0 Å². The van der Waals surface area contributed by atoms with Gasteiger partial charge in [0.05, 0.1) is 6.10 Å². The van der Waals surface area contributed by atoms with E-state index < -0.39 is 8.32 Å². The molecule has 0 aromatic carbocycles. The van der Waals surface area contributed by atoms with Crippen LogP contribution >= 0.6 is 0 Å². The number of amidine groups is 1. The van der Waals surface area contributed by atoms with Gasteiger partial charge in [-0.05, 0) is 24.6 Å². The largest absolute Gasteiger partial charge is 0.454 e. The fourth-order valence-corrected chi connectivity index (χ4v) is 3.54. The number of nitrogens with zero attached hydrogens (tertiary/aromatic N) is 1. The molecule has 110 valence electrons. The topological polar surface area (TPSA) is 66.1 Å². The summed E-state index contributed by atoms with van der Waals surface area (Å²) in [4.78, 5) is 4.18. The summed E-state index contributed by atoms with van der Waals surface area (Å²) < 4.78 is 18.0. The first kappa shape index (κ1) is 14.8. The lowest BCUT2D eigenvalue weighted by atomic mass is 10.1. The van der Waals surface area contributed by atoms with Crippen LogP contribution in [0.15, 0.2) is 4.99 Å². The molecule has 0 aromatic rings. The van der Waals surface area contributed by atoms with Crippen LogP contribution in [0.1, 0.15) is 34.1 Å². The van der Waals surface area contributed by atoms with E-state index >= 15 is 0 Å². The summed E-state index contributed by atoms with van der Waals surface area (Å²) in [6, 6.07) is 0.216. The van der Waals surface area contributed by atoms with E-state index in [1.54, 1.807) is 0 Å². The highest BCUT2D eigenvalue weighted by molar-refractivity contribution is 6.74. The van der Waals surface area contributed by atoms with E-state index in [1.807, 2.05) is 0 Å². The molecule has 5 nitrogen and oxygen atoms in total. The van der Waals surface area contributed by atoms with Gasteiger partial charge in [-0.15, -0.1) is 0 Å². The molecule has 2 aliphatic heterocycles. The molecule has 19 heavy (non-hydrogen) atoms. The predicted molar refractivity (Wildman–Crippen MR) is 77.5 cm³/mol. The van der Waals surface area contributed by atoms with Crippen molar-refractivity contribution < 1.29 is 13.9 Å². The van der Waals surface area contributed by atoms with E-state index in [0.717, 1.165) is 6.42 Å². The van der Waals surface area contributed by atoms with E-state index in [0.29, 0.717) is 0 Å². The maximum atomic E-state index is 6.49. The van der Waals surface area contributed by atoms with Crippen LogP contribution in [0.4, 0.5) is 0 Å². The predicted octanol–water partition coefficient (Wildman–Crippen LogP) is 2.23. The molecule has 6 heteroatoms. The number of aliphatic imine (C=N–C) groups is 1. The van der Waals surface area contributed by atoms with Crippen LogP contribution in [0.3, 0.4) is 0 Å². The Kier molecular flexibility index (Phi) is 3.70. The molecule has 0 amide bonds. The van der Waals surface area contributed by atoms with Crippen LogP contribution in [0, 0.1) is 0 Å². The van der Waals surface area contributed by atoms with Crippen molar-refractivity contribution in [3.05, 3.63) is 0 Å². The Morgan fingerprint density at radius 3 is 2.53 bits per heavy atom. The summed E-state index contributed by atoms with van der Waals surface area (Å²) in [6.45, 7) is 13.3. The monoisotopic (exact) mass is 286 g/mol. The minimum atomic E-state index is -1.86. The van der Waals surface area contributed by atoms with Gasteiger partial charge in [-0.1, -0.05) is 27.7 Å². The summed E-state index contributed by atoms with van der Waals surface area (Å²) in [7, 11) is -1.86. The second-order valence-corrected chi connectivity index (χ2v) is 11.6. The third-order valence-electron chi connectivity index (χ3n) is 4.44. The van der Waals surface area contributed by atoms with Crippen molar-refractivity contribution in [3.63, 3.8) is 0 Å². The Morgan fingerprint density at radius 2 is 2.00 bits per heavy atom. The first-order chi connectivity index (χ1) is 8.65. The number of hydrogen-bond acceptors (Lipinski definition) is 5. The molecule has 0 aliphatic carbocycles. The van der Waals surface area contributed by atoms with Crippen LogP contribution < -0.4 is 5.73 Å². The molecule has 1 unspecified atom stereocenters. The number of ether oxygens (including phenoxy) is 2. The van der Waals surface area contributed by atoms with Crippen LogP contribution in [0.5, 0.6) is 0 Å². The zero-order valence-electron chi connectivity index (χ0n) is 12.8. The lowest BCUT2D eigenvalue weighted by molar-refractivity contribution is 0.0146. The number of hydrogen-bond donors (Lipinski definition) is 1. The zero-order valence-corrected chi connectivity index (χ0v) is 13.8. The molecule has 0 bridgehead atoms. The van der Waals surface area contributed by atoms with E-state index in [2.05, 4.69) is 45.8 Å². The molecule has 0 radical (unpaired) electrons. The van der Waals surface area contributed by atoms with Gasteiger partial charge < -0.3 is 19.6 Å². The molecule has 1 fully saturated rings. The Morgan fingerprint density at radius 1 is 1.37 bits per heavy atom. The molecule has 2 N–H and O–H groups in total. The smallest absolute Gasteiger partial charge is 0.285 e. The first-order valence-corrected chi connectivity index (χ1v) is 9.90. The lowest BCUT2D eigenvalue weighted by Gasteiger charge is -2.40. The third kappa shape index (κ3) is 2.66. The highest BCUT2D eigenvalue weighted by Crippen LogP contribution is 2.41. The average molecular weight is 286 g/mol. The van der Waals surface area contributed by atoms with Gasteiger partial charge in [0, 0.05) is 0 Å². The SMILES string of the molecule is CC[C@H]1O[C@H]2N=C(N)O[C@@H]2C1O[Si](C)(C)C(C)(C)C. The molecule has 0 aromatic heterocycles. The van der Waals surface area contributed by atoms with Gasteiger partial charge in [-0.3, -0.25) is 0 Å². The van der Waals surface area contributed by atoms with Crippen molar-refractivity contribution in [2.24, 2.45) is 10.7 Å². The van der Waals surface area contributed by atoms with Gasteiger partial charge in [0.1, 0.15) is 6.10 Å². The summed E-state index contributed by atoms with van der Waals surface area (Å²) in [5.41, 5.74) is 5.63. The van der Waals surface area contributed by atoms with Gasteiger partial charge in [0.15, 0.2) is 20.6 Å². The number of nitrogens with two attached hydrogens (primary N) is 1. The highest BCUT2D eigenvalue weighted by atomic mass is 28.4. The fourth-order valence-electron chi connectivity index (χ4n) is 2.22. The van der Waals surface area contributed by atoms with Gasteiger partial charge in [-0.25, -0.2) is 0 Å². The Balaban J connectivity index is 2.14. The Hall–Kier alpha value is -0.593. The molecule has 4 atom stereocenters. The first-order valence-electron chi connectivity index (χ1n) is 6.99. The number of rotatable bonds is 3. The molecular weight excluding hydrogens is 260 g/mol. The Labute approximate surface area is 116 Å².